The summed E-state index contributed by atoms with van der Waals surface area (Å²) in [5, 5.41) is 3.72. The van der Waals surface area contributed by atoms with Crippen LogP contribution in [-0.4, -0.2) is 38.8 Å². The van der Waals surface area contributed by atoms with Crippen LogP contribution in [0.4, 0.5) is 5.69 Å². The second-order valence-electron chi connectivity index (χ2n) is 9.33. The minimum Gasteiger partial charge on any atom is -0.496 e. The van der Waals surface area contributed by atoms with Crippen LogP contribution in [0.15, 0.2) is 78.9 Å². The van der Waals surface area contributed by atoms with Gasteiger partial charge in [-0.2, -0.15) is 0 Å². The van der Waals surface area contributed by atoms with Crippen molar-refractivity contribution in [2.75, 3.05) is 32.2 Å². The van der Waals surface area contributed by atoms with Crippen molar-refractivity contribution in [1.82, 2.24) is 5.32 Å². The minimum atomic E-state index is -0.239. The normalized spacial score (nSPS) is 23.5. The van der Waals surface area contributed by atoms with Gasteiger partial charge in [0.05, 0.1) is 25.4 Å². The van der Waals surface area contributed by atoms with E-state index in [1.165, 1.54) is 5.56 Å². The molecule has 5 rings (SSSR count). The van der Waals surface area contributed by atoms with E-state index in [0.29, 0.717) is 12.2 Å². The SMILES string of the molecule is COc1ccc(N(C)C(=O)c2ccccc2)cc1C1COC2(CCCNC2c2ccccc2)C1.Cl. The predicted octanol–water partition coefficient (Wildman–Crippen LogP) is 5.76. The van der Waals surface area contributed by atoms with E-state index < -0.39 is 0 Å². The lowest BCUT2D eigenvalue weighted by Crippen LogP contribution is -2.48. The Labute approximate surface area is 213 Å². The molecule has 6 heteroatoms. The lowest BCUT2D eigenvalue weighted by atomic mass is 9.77. The molecule has 3 atom stereocenters. The van der Waals surface area contributed by atoms with Crippen LogP contribution in [0, 0.1) is 0 Å². The van der Waals surface area contributed by atoms with Crippen LogP contribution in [0.5, 0.6) is 5.75 Å². The number of nitrogens with zero attached hydrogens (tertiary/aromatic N) is 1. The number of rotatable bonds is 5. The van der Waals surface area contributed by atoms with Crippen LogP contribution in [0.1, 0.15) is 52.7 Å². The van der Waals surface area contributed by atoms with E-state index in [1.54, 1.807) is 12.0 Å². The Morgan fingerprint density at radius 2 is 1.77 bits per heavy atom. The topological polar surface area (TPSA) is 50.8 Å². The molecule has 2 heterocycles. The predicted molar refractivity (Wildman–Crippen MR) is 142 cm³/mol. The molecule has 2 aliphatic heterocycles. The summed E-state index contributed by atoms with van der Waals surface area (Å²) in [7, 11) is 3.53. The third kappa shape index (κ3) is 4.94. The van der Waals surface area contributed by atoms with Crippen LogP contribution < -0.4 is 15.0 Å². The van der Waals surface area contributed by atoms with Gasteiger partial charge in [0.25, 0.3) is 5.91 Å². The van der Waals surface area contributed by atoms with Crippen molar-refractivity contribution < 1.29 is 14.3 Å². The summed E-state index contributed by atoms with van der Waals surface area (Å²) in [4.78, 5) is 14.7. The summed E-state index contributed by atoms with van der Waals surface area (Å²) < 4.78 is 12.4. The number of ether oxygens (including phenoxy) is 2. The van der Waals surface area contributed by atoms with Gasteiger partial charge in [0.1, 0.15) is 5.75 Å². The molecule has 0 radical (unpaired) electrons. The highest BCUT2D eigenvalue weighted by atomic mass is 35.5. The quantitative estimate of drug-likeness (QED) is 0.492. The summed E-state index contributed by atoms with van der Waals surface area (Å²) in [5.74, 6) is 1.01. The second-order valence-corrected chi connectivity index (χ2v) is 9.33. The molecule has 5 nitrogen and oxygen atoms in total. The molecule has 0 aliphatic carbocycles. The van der Waals surface area contributed by atoms with Gasteiger partial charge in [-0.25, -0.2) is 0 Å². The Morgan fingerprint density at radius 1 is 1.06 bits per heavy atom. The third-order valence-corrected chi connectivity index (χ3v) is 7.31. The number of carbonyl (C=O) groups excluding carboxylic acids is 1. The van der Waals surface area contributed by atoms with Crippen molar-refractivity contribution in [2.45, 2.75) is 36.8 Å². The molecular formula is C29H33ClN2O3. The molecule has 2 saturated heterocycles. The first kappa shape index (κ1) is 25.2. The van der Waals surface area contributed by atoms with E-state index in [1.807, 2.05) is 49.5 Å². The lowest BCUT2D eigenvalue weighted by Gasteiger charge is -2.41. The number of methoxy groups -OCH3 is 1. The molecule has 1 spiro atoms. The van der Waals surface area contributed by atoms with Gasteiger partial charge in [-0.15, -0.1) is 12.4 Å². The smallest absolute Gasteiger partial charge is 0.258 e. The third-order valence-electron chi connectivity index (χ3n) is 7.31. The zero-order valence-electron chi connectivity index (χ0n) is 20.3. The van der Waals surface area contributed by atoms with E-state index in [2.05, 4.69) is 41.7 Å². The van der Waals surface area contributed by atoms with E-state index in [9.17, 15) is 4.79 Å². The molecular weight excluding hydrogens is 460 g/mol. The van der Waals surface area contributed by atoms with E-state index in [4.69, 9.17) is 9.47 Å². The number of anilines is 1. The number of piperidine rings is 1. The molecule has 0 saturated carbocycles. The van der Waals surface area contributed by atoms with Gasteiger partial charge in [0.2, 0.25) is 0 Å². The average molecular weight is 493 g/mol. The zero-order chi connectivity index (χ0) is 23.5. The molecule has 3 unspecified atom stereocenters. The van der Waals surface area contributed by atoms with Crippen LogP contribution in [0.25, 0.3) is 0 Å². The molecule has 0 bridgehead atoms. The number of hydrogen-bond acceptors (Lipinski definition) is 4. The van der Waals surface area contributed by atoms with Gasteiger partial charge in [-0.1, -0.05) is 48.5 Å². The first-order valence-electron chi connectivity index (χ1n) is 12.0. The first-order valence-corrected chi connectivity index (χ1v) is 12.0. The second kappa shape index (κ2) is 10.8. The summed E-state index contributed by atoms with van der Waals surface area (Å²) in [6, 6.07) is 26.2. The van der Waals surface area contributed by atoms with Gasteiger partial charge in [0.15, 0.2) is 0 Å². The van der Waals surface area contributed by atoms with Crippen molar-refractivity contribution in [3.8, 4) is 5.75 Å². The fourth-order valence-corrected chi connectivity index (χ4v) is 5.55. The number of amides is 1. The Bertz CT molecular complexity index is 1140. The van der Waals surface area contributed by atoms with Gasteiger partial charge in [-0.05, 0) is 61.7 Å². The van der Waals surface area contributed by atoms with Gasteiger partial charge in [-0.3, -0.25) is 4.79 Å². The average Bonchev–Trinajstić information content (AvgIpc) is 3.32. The highest BCUT2D eigenvalue weighted by Gasteiger charge is 2.49. The van der Waals surface area contributed by atoms with Crippen LogP contribution in [-0.2, 0) is 4.74 Å². The number of benzene rings is 3. The molecule has 2 aliphatic rings. The van der Waals surface area contributed by atoms with Gasteiger partial charge in [0, 0.05) is 29.8 Å². The Balaban J connectivity index is 0.00000289. The van der Waals surface area contributed by atoms with Crippen LogP contribution in [0.3, 0.4) is 0 Å². The maximum Gasteiger partial charge on any atom is 0.258 e. The highest BCUT2D eigenvalue weighted by molar-refractivity contribution is 6.05. The summed E-state index contributed by atoms with van der Waals surface area (Å²) >= 11 is 0. The largest absolute Gasteiger partial charge is 0.496 e. The lowest BCUT2D eigenvalue weighted by molar-refractivity contribution is -0.0484. The Kier molecular flexibility index (Phi) is 7.80. The van der Waals surface area contributed by atoms with E-state index in [0.717, 1.165) is 42.8 Å². The summed E-state index contributed by atoms with van der Waals surface area (Å²) in [5.41, 5.74) is 3.66. The van der Waals surface area contributed by atoms with Crippen molar-refractivity contribution >= 4 is 24.0 Å². The van der Waals surface area contributed by atoms with Crippen molar-refractivity contribution in [1.29, 1.82) is 0 Å². The monoisotopic (exact) mass is 492 g/mol. The summed E-state index contributed by atoms with van der Waals surface area (Å²) in [6.45, 7) is 1.64. The molecule has 3 aromatic carbocycles. The van der Waals surface area contributed by atoms with E-state index >= 15 is 0 Å². The van der Waals surface area contributed by atoms with E-state index in [-0.39, 0.29) is 35.9 Å². The fraction of sp³-hybridized carbons (Fsp3) is 0.345. The van der Waals surface area contributed by atoms with Gasteiger partial charge >= 0.3 is 0 Å². The zero-order valence-corrected chi connectivity index (χ0v) is 21.1. The fourth-order valence-electron chi connectivity index (χ4n) is 5.55. The minimum absolute atomic E-state index is 0. The van der Waals surface area contributed by atoms with Crippen LogP contribution >= 0.6 is 12.4 Å². The number of hydrogen-bond donors (Lipinski definition) is 1. The Morgan fingerprint density at radius 3 is 2.49 bits per heavy atom. The van der Waals surface area contributed by atoms with Crippen molar-refractivity contribution in [3.05, 3.63) is 95.6 Å². The standard InChI is InChI=1S/C29H32N2O3.ClH/c1-31(28(32)22-12-7-4-8-13-22)24-14-15-26(33-2)25(18-24)23-19-29(34-20-23)16-9-17-30-27(29)21-10-5-3-6-11-21;/h3-8,10-15,18,23,27,30H,9,16-17,19-20H2,1-2H3;1H. The van der Waals surface area contributed by atoms with Crippen molar-refractivity contribution in [2.24, 2.45) is 0 Å². The maximum absolute atomic E-state index is 13.0. The number of carbonyl (C=O) groups is 1. The van der Waals surface area contributed by atoms with Crippen LogP contribution in [0.2, 0.25) is 0 Å². The van der Waals surface area contributed by atoms with Crippen molar-refractivity contribution in [3.63, 3.8) is 0 Å². The summed E-state index contributed by atoms with van der Waals surface area (Å²) in [6.07, 6.45) is 3.04. The molecule has 1 amide bonds. The number of halogens is 1. The molecule has 35 heavy (non-hydrogen) atoms. The highest BCUT2D eigenvalue weighted by Crippen LogP contribution is 2.49. The van der Waals surface area contributed by atoms with Gasteiger partial charge < -0.3 is 19.7 Å². The first-order chi connectivity index (χ1) is 16.6. The molecule has 184 valence electrons. The molecule has 1 N–H and O–H groups in total. The molecule has 0 aromatic heterocycles. The number of nitrogens with one attached hydrogen (secondary N) is 1. The Hall–Kier alpha value is -2.86. The molecule has 3 aromatic rings. The molecule has 2 fully saturated rings. The maximum atomic E-state index is 13.0.